The number of carbonyl (C=O) groups excluding carboxylic acids is 1. The van der Waals surface area contributed by atoms with Crippen molar-refractivity contribution in [2.45, 2.75) is 24.5 Å². The van der Waals surface area contributed by atoms with E-state index in [0.717, 1.165) is 36.3 Å². The topological polar surface area (TPSA) is 73.9 Å². The zero-order valence-corrected chi connectivity index (χ0v) is 19.9. The minimum atomic E-state index is -0.0248. The van der Waals surface area contributed by atoms with E-state index in [1.807, 2.05) is 48.5 Å². The number of hydrogen-bond acceptors (Lipinski definition) is 5. The van der Waals surface area contributed by atoms with Crippen LogP contribution in [0.25, 0.3) is 11.4 Å². The Kier molecular flexibility index (Phi) is 8.08. The van der Waals surface area contributed by atoms with Gasteiger partial charge in [0, 0.05) is 46.6 Å². The van der Waals surface area contributed by atoms with Crippen LogP contribution in [0.15, 0.2) is 53.7 Å². The number of H-pyrrole nitrogens is 1. The van der Waals surface area contributed by atoms with Gasteiger partial charge < -0.3 is 5.32 Å². The molecule has 2 N–H and O–H groups in total. The van der Waals surface area contributed by atoms with Gasteiger partial charge in [-0.05, 0) is 31.5 Å². The first-order valence-electron chi connectivity index (χ1n) is 10.6. The molecule has 4 rings (SSSR count). The first-order chi connectivity index (χ1) is 15.6. The lowest BCUT2D eigenvalue weighted by molar-refractivity contribution is -0.126. The van der Waals surface area contributed by atoms with Crippen molar-refractivity contribution < 1.29 is 4.79 Å². The van der Waals surface area contributed by atoms with Gasteiger partial charge in [-0.2, -0.15) is 0 Å². The number of benzene rings is 2. The molecule has 1 aliphatic rings. The van der Waals surface area contributed by atoms with Crippen molar-refractivity contribution in [2.24, 2.45) is 5.92 Å². The third-order valence-corrected chi connectivity index (χ3v) is 7.02. The highest BCUT2D eigenvalue weighted by Gasteiger charge is 2.26. The summed E-state index contributed by atoms with van der Waals surface area (Å²) < 4.78 is 0. The van der Waals surface area contributed by atoms with Crippen LogP contribution in [-0.2, 0) is 11.3 Å². The number of rotatable bonds is 8. The number of carbonyl (C=O) groups is 1. The zero-order valence-electron chi connectivity index (χ0n) is 17.6. The van der Waals surface area contributed by atoms with Crippen molar-refractivity contribution in [2.75, 3.05) is 25.4 Å². The van der Waals surface area contributed by atoms with Crippen LogP contribution in [0.1, 0.15) is 18.4 Å². The third-order valence-electron chi connectivity index (χ3n) is 5.46. The highest BCUT2D eigenvalue weighted by Crippen LogP contribution is 2.28. The summed E-state index contributed by atoms with van der Waals surface area (Å²) in [5, 5.41) is 12.3. The summed E-state index contributed by atoms with van der Waals surface area (Å²) in [6.45, 7) is 2.88. The molecule has 3 aromatic rings. The minimum Gasteiger partial charge on any atom is -0.355 e. The Morgan fingerprint density at radius 2 is 1.94 bits per heavy atom. The number of amides is 1. The Morgan fingerprint density at radius 3 is 2.72 bits per heavy atom. The lowest BCUT2D eigenvalue weighted by Gasteiger charge is -2.32. The molecule has 0 radical (unpaired) electrons. The van der Waals surface area contributed by atoms with Crippen LogP contribution in [-0.4, -0.2) is 51.4 Å². The summed E-state index contributed by atoms with van der Waals surface area (Å²) in [5.41, 5.74) is 1.93. The Hall–Kier alpha value is -2.06. The standard InChI is InChI=1S/C23H25Cl2N5OS/c24-19-9-4-10-20(25)18(19)15-30-12-5-8-17(14-30)22(31)26-11-13-32-23-27-21(28-29-23)16-6-2-1-3-7-16/h1-4,6-7,9-10,17H,5,8,11-15H2,(H,26,31)(H,27,28,29)/t17-/m1/s1. The molecule has 32 heavy (non-hydrogen) atoms. The van der Waals surface area contributed by atoms with Gasteiger partial charge in [-0.3, -0.25) is 14.8 Å². The number of piperidine rings is 1. The highest BCUT2D eigenvalue weighted by atomic mass is 35.5. The summed E-state index contributed by atoms with van der Waals surface area (Å²) in [6, 6.07) is 15.4. The first-order valence-corrected chi connectivity index (χ1v) is 12.4. The molecule has 2 heterocycles. The van der Waals surface area contributed by atoms with E-state index in [1.165, 1.54) is 11.8 Å². The molecule has 2 aromatic carbocycles. The number of nitrogens with zero attached hydrogens (tertiary/aromatic N) is 3. The number of hydrogen-bond donors (Lipinski definition) is 2. The molecule has 1 fully saturated rings. The lowest BCUT2D eigenvalue weighted by atomic mass is 9.96. The van der Waals surface area contributed by atoms with Crippen LogP contribution < -0.4 is 5.32 Å². The maximum atomic E-state index is 12.7. The second kappa shape index (κ2) is 11.2. The van der Waals surface area contributed by atoms with Gasteiger partial charge in [-0.1, -0.05) is 71.4 Å². The number of aromatic nitrogens is 3. The van der Waals surface area contributed by atoms with Gasteiger partial charge in [0.15, 0.2) is 5.82 Å². The van der Waals surface area contributed by atoms with Crippen molar-refractivity contribution in [3.63, 3.8) is 0 Å². The SMILES string of the molecule is O=C(NCCSc1n[nH]c(-c2ccccc2)n1)[C@@H]1CCCN(Cc2c(Cl)cccc2Cl)C1. The van der Waals surface area contributed by atoms with Gasteiger partial charge in [0.25, 0.3) is 0 Å². The number of halogens is 2. The van der Waals surface area contributed by atoms with Crippen molar-refractivity contribution in [1.82, 2.24) is 25.4 Å². The van der Waals surface area contributed by atoms with Crippen LogP contribution in [0, 0.1) is 5.92 Å². The molecule has 0 aliphatic carbocycles. The summed E-state index contributed by atoms with van der Waals surface area (Å²) in [4.78, 5) is 19.5. The molecule has 1 aromatic heterocycles. The van der Waals surface area contributed by atoms with Gasteiger partial charge in [-0.15, -0.1) is 5.10 Å². The molecule has 1 saturated heterocycles. The van der Waals surface area contributed by atoms with E-state index in [-0.39, 0.29) is 11.8 Å². The largest absolute Gasteiger partial charge is 0.355 e. The molecule has 6 nitrogen and oxygen atoms in total. The molecule has 0 bridgehead atoms. The molecule has 1 atom stereocenters. The lowest BCUT2D eigenvalue weighted by Crippen LogP contribution is -2.43. The van der Waals surface area contributed by atoms with E-state index in [2.05, 4.69) is 25.4 Å². The van der Waals surface area contributed by atoms with Crippen LogP contribution >= 0.6 is 35.0 Å². The van der Waals surface area contributed by atoms with Crippen molar-refractivity contribution in [3.8, 4) is 11.4 Å². The average molecular weight is 490 g/mol. The molecule has 168 valence electrons. The quantitative estimate of drug-likeness (QED) is 0.347. The summed E-state index contributed by atoms with van der Waals surface area (Å²) in [5.74, 6) is 1.53. The fourth-order valence-corrected chi connectivity index (χ4v) is 4.99. The summed E-state index contributed by atoms with van der Waals surface area (Å²) >= 11 is 14.1. The van der Waals surface area contributed by atoms with Gasteiger partial charge in [0.05, 0.1) is 5.92 Å². The maximum absolute atomic E-state index is 12.7. The first kappa shape index (κ1) is 23.1. The fraction of sp³-hybridized carbons (Fsp3) is 0.348. The normalized spacial score (nSPS) is 16.8. The van der Waals surface area contributed by atoms with E-state index in [4.69, 9.17) is 23.2 Å². The second-order valence-electron chi connectivity index (χ2n) is 7.75. The molecular formula is C23H25Cl2N5OS. The number of thioether (sulfide) groups is 1. The van der Waals surface area contributed by atoms with Gasteiger partial charge in [0.2, 0.25) is 11.1 Å². The van der Waals surface area contributed by atoms with E-state index in [1.54, 1.807) is 0 Å². The van der Waals surface area contributed by atoms with Crippen LogP contribution in [0.3, 0.4) is 0 Å². The van der Waals surface area contributed by atoms with Gasteiger partial charge in [-0.25, -0.2) is 4.98 Å². The molecule has 1 aliphatic heterocycles. The number of nitrogens with one attached hydrogen (secondary N) is 2. The zero-order chi connectivity index (χ0) is 22.3. The van der Waals surface area contributed by atoms with Crippen molar-refractivity contribution >= 4 is 40.9 Å². The number of likely N-dealkylation sites (tertiary alicyclic amines) is 1. The Labute approximate surface area is 202 Å². The predicted molar refractivity (Wildman–Crippen MR) is 130 cm³/mol. The Balaban J connectivity index is 1.22. The Bertz CT molecular complexity index is 1030. The Morgan fingerprint density at radius 1 is 1.16 bits per heavy atom. The third kappa shape index (κ3) is 6.04. The van der Waals surface area contributed by atoms with E-state index >= 15 is 0 Å². The average Bonchev–Trinajstić information content (AvgIpc) is 3.29. The van der Waals surface area contributed by atoms with Gasteiger partial charge >= 0.3 is 0 Å². The van der Waals surface area contributed by atoms with E-state index in [9.17, 15) is 4.79 Å². The summed E-state index contributed by atoms with van der Waals surface area (Å²) in [6.07, 6.45) is 1.88. The fourth-order valence-electron chi connectivity index (χ4n) is 3.82. The molecule has 9 heteroatoms. The predicted octanol–water partition coefficient (Wildman–Crippen LogP) is 4.90. The highest BCUT2D eigenvalue weighted by molar-refractivity contribution is 7.99. The molecule has 0 saturated carbocycles. The van der Waals surface area contributed by atoms with Crippen molar-refractivity contribution in [3.05, 3.63) is 64.1 Å². The van der Waals surface area contributed by atoms with E-state index in [0.29, 0.717) is 40.6 Å². The number of aromatic amines is 1. The minimum absolute atomic E-state index is 0.0248. The van der Waals surface area contributed by atoms with Crippen molar-refractivity contribution in [1.29, 1.82) is 0 Å². The second-order valence-corrected chi connectivity index (χ2v) is 9.62. The smallest absolute Gasteiger partial charge is 0.224 e. The molecular weight excluding hydrogens is 465 g/mol. The van der Waals surface area contributed by atoms with E-state index < -0.39 is 0 Å². The maximum Gasteiger partial charge on any atom is 0.224 e. The van der Waals surface area contributed by atoms with Crippen LogP contribution in [0.4, 0.5) is 0 Å². The molecule has 1 amide bonds. The molecule has 0 unspecified atom stereocenters. The molecule has 0 spiro atoms. The van der Waals surface area contributed by atoms with Gasteiger partial charge in [0.1, 0.15) is 0 Å². The van der Waals surface area contributed by atoms with Crippen LogP contribution in [0.5, 0.6) is 0 Å². The summed E-state index contributed by atoms with van der Waals surface area (Å²) in [7, 11) is 0. The monoisotopic (exact) mass is 489 g/mol. The van der Waals surface area contributed by atoms with Crippen LogP contribution in [0.2, 0.25) is 10.0 Å².